The summed E-state index contributed by atoms with van der Waals surface area (Å²) >= 11 is 3.36. The molecule has 5 nitrogen and oxygen atoms in total. The normalized spacial score (nSPS) is 16.5. The molecule has 1 aliphatic rings. The van der Waals surface area contributed by atoms with Crippen LogP contribution in [0.25, 0.3) is 0 Å². The number of ether oxygens (including phenoxy) is 1. The number of carbonyl (C=O) groups excluding carboxylic acids is 1. The van der Waals surface area contributed by atoms with Gasteiger partial charge in [-0.15, -0.1) is 0 Å². The topological polar surface area (TPSA) is 45.7 Å². The van der Waals surface area contributed by atoms with Crippen LogP contribution in [-0.4, -0.2) is 53.2 Å². The number of rotatable bonds is 4. The summed E-state index contributed by atoms with van der Waals surface area (Å²) in [5, 5.41) is 0. The van der Waals surface area contributed by atoms with Gasteiger partial charge in [-0.1, -0.05) is 6.07 Å². The molecule has 0 radical (unpaired) electrons. The minimum atomic E-state index is -0.424. The minimum Gasteiger partial charge on any atom is -0.444 e. The van der Waals surface area contributed by atoms with Gasteiger partial charge in [-0.3, -0.25) is 0 Å². The van der Waals surface area contributed by atoms with Crippen LogP contribution in [-0.2, 0) is 11.3 Å². The van der Waals surface area contributed by atoms with E-state index in [4.69, 9.17) is 4.74 Å². The van der Waals surface area contributed by atoms with Gasteiger partial charge < -0.3 is 14.5 Å². The SMILES string of the molecule is CN(Cc1ccc(Br)nc1)CC1CCN(C(=O)OC(C)(C)C)CC1. The molecule has 1 saturated heterocycles. The number of piperidine rings is 1. The minimum absolute atomic E-state index is 0.185. The van der Waals surface area contributed by atoms with Gasteiger partial charge in [0.05, 0.1) is 0 Å². The monoisotopic (exact) mass is 397 g/mol. The first-order valence-electron chi connectivity index (χ1n) is 8.50. The number of nitrogens with zero attached hydrogens (tertiary/aromatic N) is 3. The molecule has 1 aliphatic heterocycles. The Bertz CT molecular complexity index is 534. The van der Waals surface area contributed by atoms with E-state index >= 15 is 0 Å². The molecule has 1 aromatic rings. The number of hydrogen-bond donors (Lipinski definition) is 0. The van der Waals surface area contributed by atoms with Crippen LogP contribution < -0.4 is 0 Å². The van der Waals surface area contributed by atoms with Crippen molar-refractivity contribution >= 4 is 22.0 Å². The zero-order chi connectivity index (χ0) is 17.7. The molecule has 1 amide bonds. The van der Waals surface area contributed by atoms with Crippen LogP contribution in [0.2, 0.25) is 0 Å². The van der Waals surface area contributed by atoms with E-state index in [1.807, 2.05) is 37.9 Å². The second kappa shape index (κ2) is 8.30. The Hall–Kier alpha value is -1.14. The largest absolute Gasteiger partial charge is 0.444 e. The summed E-state index contributed by atoms with van der Waals surface area (Å²) in [5.74, 6) is 0.622. The maximum Gasteiger partial charge on any atom is 0.410 e. The van der Waals surface area contributed by atoms with Gasteiger partial charge in [-0.05, 0) is 74.1 Å². The van der Waals surface area contributed by atoms with Crippen LogP contribution in [0, 0.1) is 5.92 Å². The van der Waals surface area contributed by atoms with Crippen molar-refractivity contribution in [3.05, 3.63) is 28.5 Å². The van der Waals surface area contributed by atoms with E-state index in [0.717, 1.165) is 43.6 Å². The van der Waals surface area contributed by atoms with E-state index in [2.05, 4.69) is 38.9 Å². The van der Waals surface area contributed by atoms with Crippen molar-refractivity contribution in [3.8, 4) is 0 Å². The van der Waals surface area contributed by atoms with Gasteiger partial charge in [0, 0.05) is 32.4 Å². The predicted molar refractivity (Wildman–Crippen MR) is 98.8 cm³/mol. The second-order valence-corrected chi connectivity index (χ2v) is 8.41. The average molecular weight is 398 g/mol. The Morgan fingerprint density at radius 1 is 1.38 bits per heavy atom. The molecule has 24 heavy (non-hydrogen) atoms. The molecule has 0 bridgehead atoms. The Balaban J connectivity index is 1.74. The molecule has 0 aliphatic carbocycles. The summed E-state index contributed by atoms with van der Waals surface area (Å²) in [6, 6.07) is 4.07. The standard InChI is InChI=1S/C18H28BrN3O2/c1-18(2,3)24-17(23)22-9-7-14(8-10-22)12-21(4)13-15-5-6-16(19)20-11-15/h5-6,11,14H,7-10,12-13H2,1-4H3. The van der Waals surface area contributed by atoms with E-state index in [-0.39, 0.29) is 6.09 Å². The lowest BCUT2D eigenvalue weighted by Gasteiger charge is -2.34. The summed E-state index contributed by atoms with van der Waals surface area (Å²) in [5.41, 5.74) is 0.791. The Morgan fingerprint density at radius 3 is 2.58 bits per heavy atom. The summed E-state index contributed by atoms with van der Waals surface area (Å²) in [6.07, 6.45) is 3.78. The highest BCUT2D eigenvalue weighted by Crippen LogP contribution is 2.21. The molecule has 6 heteroatoms. The molecule has 0 spiro atoms. The van der Waals surface area contributed by atoms with Crippen molar-refractivity contribution in [2.24, 2.45) is 5.92 Å². The molecule has 134 valence electrons. The fourth-order valence-corrected chi connectivity index (χ4v) is 3.18. The number of hydrogen-bond acceptors (Lipinski definition) is 4. The zero-order valence-electron chi connectivity index (χ0n) is 15.1. The third-order valence-electron chi connectivity index (χ3n) is 4.08. The zero-order valence-corrected chi connectivity index (χ0v) is 16.7. The smallest absolute Gasteiger partial charge is 0.410 e. The summed E-state index contributed by atoms with van der Waals surface area (Å²) in [7, 11) is 2.14. The van der Waals surface area contributed by atoms with E-state index in [1.165, 1.54) is 5.56 Å². The van der Waals surface area contributed by atoms with Crippen LogP contribution in [0.5, 0.6) is 0 Å². The quantitative estimate of drug-likeness (QED) is 0.722. The molecule has 2 heterocycles. The first-order chi connectivity index (χ1) is 11.2. The number of amides is 1. The molecular formula is C18H28BrN3O2. The lowest BCUT2D eigenvalue weighted by Crippen LogP contribution is -2.43. The van der Waals surface area contributed by atoms with E-state index in [9.17, 15) is 4.79 Å². The third-order valence-corrected chi connectivity index (χ3v) is 4.55. The van der Waals surface area contributed by atoms with Crippen LogP contribution in [0.4, 0.5) is 4.79 Å². The third kappa shape index (κ3) is 6.40. The fraction of sp³-hybridized carbons (Fsp3) is 0.667. The molecule has 0 saturated carbocycles. The van der Waals surface area contributed by atoms with Crippen LogP contribution >= 0.6 is 15.9 Å². The molecule has 1 aromatic heterocycles. The number of halogens is 1. The summed E-state index contributed by atoms with van der Waals surface area (Å²) < 4.78 is 6.31. The number of aromatic nitrogens is 1. The first kappa shape index (κ1) is 19.2. The second-order valence-electron chi connectivity index (χ2n) is 7.60. The van der Waals surface area contributed by atoms with Crippen LogP contribution in [0.3, 0.4) is 0 Å². The summed E-state index contributed by atoms with van der Waals surface area (Å²) in [4.78, 5) is 20.5. The molecule has 0 N–H and O–H groups in total. The van der Waals surface area contributed by atoms with Crippen molar-refractivity contribution in [2.75, 3.05) is 26.7 Å². The maximum absolute atomic E-state index is 12.1. The molecule has 2 rings (SSSR count). The van der Waals surface area contributed by atoms with Gasteiger partial charge in [-0.2, -0.15) is 0 Å². The molecular weight excluding hydrogens is 370 g/mol. The van der Waals surface area contributed by atoms with Gasteiger partial charge in [0.15, 0.2) is 0 Å². The van der Waals surface area contributed by atoms with E-state index in [0.29, 0.717) is 5.92 Å². The first-order valence-corrected chi connectivity index (χ1v) is 9.29. The van der Waals surface area contributed by atoms with Gasteiger partial charge in [0.25, 0.3) is 0 Å². The van der Waals surface area contributed by atoms with Crippen LogP contribution in [0.1, 0.15) is 39.2 Å². The lowest BCUT2D eigenvalue weighted by molar-refractivity contribution is 0.0172. The molecule has 0 atom stereocenters. The highest BCUT2D eigenvalue weighted by Gasteiger charge is 2.27. The number of pyridine rings is 1. The average Bonchev–Trinajstić information content (AvgIpc) is 2.48. The van der Waals surface area contributed by atoms with Gasteiger partial charge in [0.2, 0.25) is 0 Å². The van der Waals surface area contributed by atoms with E-state index < -0.39 is 5.60 Å². The lowest BCUT2D eigenvalue weighted by atomic mass is 9.96. The maximum atomic E-state index is 12.1. The van der Waals surface area contributed by atoms with Crippen molar-refractivity contribution in [2.45, 2.75) is 45.8 Å². The molecule has 0 aromatic carbocycles. The van der Waals surface area contributed by atoms with Crippen molar-refractivity contribution in [1.82, 2.24) is 14.8 Å². The van der Waals surface area contributed by atoms with E-state index in [1.54, 1.807) is 0 Å². The predicted octanol–water partition coefficient (Wildman–Crippen LogP) is 3.92. The van der Waals surface area contributed by atoms with Crippen molar-refractivity contribution in [1.29, 1.82) is 0 Å². The Kier molecular flexibility index (Phi) is 6.63. The van der Waals surface area contributed by atoms with Gasteiger partial charge in [0.1, 0.15) is 10.2 Å². The highest BCUT2D eigenvalue weighted by atomic mass is 79.9. The Labute approximate surface area is 153 Å². The molecule has 0 unspecified atom stereocenters. The summed E-state index contributed by atoms with van der Waals surface area (Å²) in [6.45, 7) is 9.22. The highest BCUT2D eigenvalue weighted by molar-refractivity contribution is 9.10. The van der Waals surface area contributed by atoms with Gasteiger partial charge >= 0.3 is 6.09 Å². The Morgan fingerprint density at radius 2 is 2.04 bits per heavy atom. The number of carbonyl (C=O) groups is 1. The molecule has 1 fully saturated rings. The van der Waals surface area contributed by atoms with Gasteiger partial charge in [-0.25, -0.2) is 9.78 Å². The number of likely N-dealkylation sites (tertiary alicyclic amines) is 1. The van der Waals surface area contributed by atoms with Crippen LogP contribution in [0.15, 0.2) is 22.9 Å². The van der Waals surface area contributed by atoms with Crippen molar-refractivity contribution in [3.63, 3.8) is 0 Å². The fourth-order valence-electron chi connectivity index (χ4n) is 2.94. The van der Waals surface area contributed by atoms with Crippen molar-refractivity contribution < 1.29 is 9.53 Å².